The van der Waals surface area contributed by atoms with Crippen molar-refractivity contribution in [3.05, 3.63) is 93.0 Å². The molecule has 5 nitrogen and oxygen atoms in total. The molecule has 35 heavy (non-hydrogen) atoms. The van der Waals surface area contributed by atoms with Crippen molar-refractivity contribution in [3.8, 4) is 11.5 Å². The van der Waals surface area contributed by atoms with Crippen LogP contribution in [0.4, 0.5) is 0 Å². The highest BCUT2D eigenvalue weighted by atomic mass is 35.5. The predicted octanol–water partition coefficient (Wildman–Crippen LogP) is 8.08. The number of benzene rings is 3. The molecule has 1 fully saturated rings. The molecule has 0 radical (unpaired) electrons. The van der Waals surface area contributed by atoms with Gasteiger partial charge in [0.05, 0.1) is 12.7 Å². The average molecular weight is 515 g/mol. The van der Waals surface area contributed by atoms with Gasteiger partial charge in [0.2, 0.25) is 0 Å². The van der Waals surface area contributed by atoms with Crippen molar-refractivity contribution in [3.63, 3.8) is 0 Å². The Bertz CT molecular complexity index is 1230. The second kappa shape index (κ2) is 10.8. The number of rotatable bonds is 7. The van der Waals surface area contributed by atoms with E-state index in [4.69, 9.17) is 25.4 Å². The van der Waals surface area contributed by atoms with Crippen molar-refractivity contribution in [2.24, 2.45) is 0 Å². The predicted molar refractivity (Wildman–Crippen MR) is 140 cm³/mol. The molecule has 186 valence electrons. The van der Waals surface area contributed by atoms with Crippen LogP contribution < -0.4 is 4.74 Å². The number of halogens is 1. The lowest BCUT2D eigenvalue weighted by Crippen LogP contribution is -2.17. The van der Waals surface area contributed by atoms with Gasteiger partial charge in [-0.25, -0.2) is 0 Å². The van der Waals surface area contributed by atoms with Gasteiger partial charge in [-0.1, -0.05) is 49.7 Å². The second-order valence-electron chi connectivity index (χ2n) is 9.42. The van der Waals surface area contributed by atoms with Crippen LogP contribution in [-0.2, 0) is 20.0 Å². The first kappa shape index (κ1) is 25.8. The molecule has 0 saturated carbocycles. The highest BCUT2D eigenvalue weighted by molar-refractivity contribution is 7.53. The summed E-state index contributed by atoms with van der Waals surface area (Å²) in [4.78, 5) is 0. The Hall–Kier alpha value is -2.30. The van der Waals surface area contributed by atoms with Gasteiger partial charge in [0.25, 0.3) is 0 Å². The molecule has 1 unspecified atom stereocenters. The summed E-state index contributed by atoms with van der Waals surface area (Å²) in [5.74, 6) is 1.21. The molecular weight excluding hydrogens is 483 g/mol. The van der Waals surface area contributed by atoms with Gasteiger partial charge in [-0.2, -0.15) is 0 Å². The number of phenolic OH excluding ortho intramolecular Hbond substituents is 1. The van der Waals surface area contributed by atoms with E-state index in [-0.39, 0.29) is 18.4 Å². The highest BCUT2D eigenvalue weighted by Crippen LogP contribution is 2.56. The van der Waals surface area contributed by atoms with Crippen LogP contribution in [0.15, 0.2) is 54.6 Å². The molecule has 1 heterocycles. The first-order chi connectivity index (χ1) is 16.6. The fourth-order valence-corrected chi connectivity index (χ4v) is 6.13. The van der Waals surface area contributed by atoms with Crippen molar-refractivity contribution in [1.29, 1.82) is 0 Å². The number of aromatic hydroxyl groups is 1. The topological polar surface area (TPSA) is 65.0 Å². The van der Waals surface area contributed by atoms with E-state index in [9.17, 15) is 9.67 Å². The van der Waals surface area contributed by atoms with Crippen LogP contribution in [0.1, 0.15) is 65.7 Å². The van der Waals surface area contributed by atoms with Gasteiger partial charge in [-0.3, -0.25) is 9.09 Å². The molecule has 1 saturated heterocycles. The molecule has 7 heteroatoms. The molecule has 1 aliphatic heterocycles. The summed E-state index contributed by atoms with van der Waals surface area (Å²) in [6.07, 6.45) is 0.860. The van der Waals surface area contributed by atoms with Gasteiger partial charge < -0.3 is 14.4 Å². The number of ether oxygens (including phenoxy) is 1. The molecule has 3 aromatic carbocycles. The smallest absolute Gasteiger partial charge is 0.368 e. The van der Waals surface area contributed by atoms with Gasteiger partial charge in [0, 0.05) is 11.4 Å². The molecule has 1 aliphatic rings. The SMILES string of the molecule is Cc1cc(OCP2(=O)OCC[C@H](c3cccc(Cl)c3)O2)cc(C)c1Cc1ccc(O)c(C(C)C)c1. The first-order valence-electron chi connectivity index (χ1n) is 11.9. The van der Waals surface area contributed by atoms with Crippen LogP contribution in [0.3, 0.4) is 0 Å². The first-order valence-corrected chi connectivity index (χ1v) is 14.0. The van der Waals surface area contributed by atoms with Gasteiger partial charge in [0.15, 0.2) is 6.35 Å². The number of hydrogen-bond acceptors (Lipinski definition) is 5. The summed E-state index contributed by atoms with van der Waals surface area (Å²) < 4.78 is 30.6. The Kier molecular flexibility index (Phi) is 7.92. The Balaban J connectivity index is 1.45. The molecule has 3 aromatic rings. The number of hydrogen-bond donors (Lipinski definition) is 1. The van der Waals surface area contributed by atoms with E-state index in [2.05, 4.69) is 19.9 Å². The Labute approximate surface area is 212 Å². The van der Waals surface area contributed by atoms with Gasteiger partial charge >= 0.3 is 7.60 Å². The van der Waals surface area contributed by atoms with Gasteiger partial charge in [-0.05, 0) is 89.9 Å². The lowest BCUT2D eigenvalue weighted by molar-refractivity contribution is 0.0725. The van der Waals surface area contributed by atoms with E-state index in [0.29, 0.717) is 29.5 Å². The lowest BCUT2D eigenvalue weighted by atomic mass is 9.93. The van der Waals surface area contributed by atoms with Crippen LogP contribution in [0, 0.1) is 13.8 Å². The number of aryl methyl sites for hydroxylation is 2. The molecular formula is C28H32ClO5P. The van der Waals surface area contributed by atoms with Crippen molar-refractivity contribution >= 4 is 19.2 Å². The molecule has 0 aromatic heterocycles. The largest absolute Gasteiger partial charge is 0.508 e. The van der Waals surface area contributed by atoms with Crippen molar-refractivity contribution < 1.29 is 23.5 Å². The van der Waals surface area contributed by atoms with Crippen molar-refractivity contribution in [2.75, 3.05) is 13.0 Å². The normalized spacial score (nSPS) is 20.2. The average Bonchev–Trinajstić information content (AvgIpc) is 2.81. The molecule has 4 rings (SSSR count). The Morgan fingerprint density at radius 3 is 2.54 bits per heavy atom. The fraction of sp³-hybridized carbons (Fsp3) is 0.357. The standard InChI is InChI=1S/C28H32ClO5P/c1-18(2)25-14-21(8-9-27(25)30)15-26-19(3)12-24(13-20(26)4)32-17-35(31)33-11-10-28(34-35)22-6-5-7-23(29)16-22/h5-9,12-14,16,18,28,30H,10-11,15,17H2,1-4H3/t28-,35?/m1/s1. The summed E-state index contributed by atoms with van der Waals surface area (Å²) in [6.45, 7) is 8.57. The molecule has 1 N–H and O–H groups in total. The third-order valence-corrected chi connectivity index (χ3v) is 8.16. The van der Waals surface area contributed by atoms with Crippen molar-refractivity contribution in [2.45, 2.75) is 52.6 Å². The van der Waals surface area contributed by atoms with Crippen LogP contribution in [0.25, 0.3) is 0 Å². The lowest BCUT2D eigenvalue weighted by Gasteiger charge is -2.30. The maximum absolute atomic E-state index is 13.2. The summed E-state index contributed by atoms with van der Waals surface area (Å²) in [7, 11) is -3.42. The minimum absolute atomic E-state index is 0.155. The molecule has 2 atom stereocenters. The maximum atomic E-state index is 13.2. The monoisotopic (exact) mass is 514 g/mol. The summed E-state index contributed by atoms with van der Waals surface area (Å²) in [5, 5.41) is 10.7. The second-order valence-corrected chi connectivity index (χ2v) is 11.8. The fourth-order valence-electron chi connectivity index (χ4n) is 4.43. The van der Waals surface area contributed by atoms with Gasteiger partial charge in [-0.15, -0.1) is 0 Å². The van der Waals surface area contributed by atoms with E-state index in [1.165, 1.54) is 5.56 Å². The highest BCUT2D eigenvalue weighted by Gasteiger charge is 2.35. The zero-order valence-corrected chi connectivity index (χ0v) is 22.2. The van der Waals surface area contributed by atoms with Crippen LogP contribution in [-0.4, -0.2) is 18.1 Å². The maximum Gasteiger partial charge on any atom is 0.368 e. The van der Waals surface area contributed by atoms with Crippen LogP contribution >= 0.6 is 19.2 Å². The third-order valence-electron chi connectivity index (χ3n) is 6.33. The molecule has 0 spiro atoms. The summed E-state index contributed by atoms with van der Waals surface area (Å²) in [6, 6.07) is 17.1. The summed E-state index contributed by atoms with van der Waals surface area (Å²) in [5.41, 5.74) is 6.35. The van der Waals surface area contributed by atoms with Gasteiger partial charge in [0.1, 0.15) is 11.5 Å². The zero-order valence-electron chi connectivity index (χ0n) is 20.6. The Morgan fingerprint density at radius 1 is 1.11 bits per heavy atom. The van der Waals surface area contributed by atoms with E-state index in [0.717, 1.165) is 34.2 Å². The summed E-state index contributed by atoms with van der Waals surface area (Å²) >= 11 is 6.11. The van der Waals surface area contributed by atoms with Crippen LogP contribution in [0.2, 0.25) is 5.02 Å². The minimum Gasteiger partial charge on any atom is -0.508 e. The molecule has 0 bridgehead atoms. The van der Waals surface area contributed by atoms with E-state index in [1.54, 1.807) is 12.1 Å². The molecule has 0 aliphatic carbocycles. The van der Waals surface area contributed by atoms with E-state index >= 15 is 0 Å². The quantitative estimate of drug-likeness (QED) is 0.323. The Morgan fingerprint density at radius 2 is 1.86 bits per heavy atom. The van der Waals surface area contributed by atoms with E-state index < -0.39 is 7.60 Å². The van der Waals surface area contributed by atoms with E-state index in [1.807, 2.05) is 50.2 Å². The number of phenols is 1. The van der Waals surface area contributed by atoms with Crippen LogP contribution in [0.5, 0.6) is 11.5 Å². The zero-order chi connectivity index (χ0) is 25.2. The third kappa shape index (κ3) is 6.29. The van der Waals surface area contributed by atoms with Crippen molar-refractivity contribution in [1.82, 2.24) is 0 Å². The molecule has 0 amide bonds. The minimum atomic E-state index is -3.42.